The Bertz CT molecular complexity index is 1260. The normalized spacial score (nSPS) is 11.9. The van der Waals surface area contributed by atoms with E-state index in [-0.39, 0.29) is 20.7 Å². The second kappa shape index (κ2) is 8.74. The van der Waals surface area contributed by atoms with Crippen molar-refractivity contribution in [2.75, 3.05) is 7.11 Å². The smallest absolute Gasteiger partial charge is 0.325 e. The highest BCUT2D eigenvalue weighted by atomic mass is 32.1. The van der Waals surface area contributed by atoms with Crippen LogP contribution in [0.5, 0.6) is 0 Å². The number of carbonyl (C=O) groups excluding carboxylic acids is 2. The lowest BCUT2D eigenvalue weighted by Gasteiger charge is -2.04. The monoisotopic (exact) mass is 433 g/mol. The van der Waals surface area contributed by atoms with Crippen molar-refractivity contribution in [1.29, 1.82) is 0 Å². The molecule has 1 aromatic heterocycles. The van der Waals surface area contributed by atoms with E-state index in [1.165, 1.54) is 24.3 Å². The van der Waals surface area contributed by atoms with Crippen molar-refractivity contribution in [3.8, 4) is 0 Å². The average Bonchev–Trinajstić information content (AvgIpc) is 3.03. The van der Waals surface area contributed by atoms with Gasteiger partial charge in [-0.2, -0.15) is 4.99 Å². The van der Waals surface area contributed by atoms with Crippen LogP contribution in [0.3, 0.4) is 0 Å². The number of esters is 1. The van der Waals surface area contributed by atoms with Crippen LogP contribution in [0.15, 0.2) is 47.5 Å². The molecular weight excluding hydrogens is 420 g/mol. The lowest BCUT2D eigenvalue weighted by molar-refractivity contribution is -0.384. The summed E-state index contributed by atoms with van der Waals surface area (Å²) in [6, 6.07) is 7.34. The van der Waals surface area contributed by atoms with Gasteiger partial charge in [0.15, 0.2) is 10.6 Å². The number of fused-ring (bicyclic) bond motifs is 1. The molecule has 11 heteroatoms. The molecule has 3 rings (SSSR count). The van der Waals surface area contributed by atoms with Crippen LogP contribution >= 0.6 is 11.3 Å². The summed E-state index contributed by atoms with van der Waals surface area (Å²) in [5.41, 5.74) is 0.181. The Morgan fingerprint density at radius 2 is 2.07 bits per heavy atom. The number of thiazole rings is 1. The number of non-ortho nitro benzene ring substituents is 1. The summed E-state index contributed by atoms with van der Waals surface area (Å²) in [4.78, 5) is 38.0. The Morgan fingerprint density at radius 3 is 2.77 bits per heavy atom. The molecule has 0 atom stereocenters. The first kappa shape index (κ1) is 21.0. The summed E-state index contributed by atoms with van der Waals surface area (Å²) in [6.07, 6.45) is 2.40. The molecule has 0 radical (unpaired) electrons. The van der Waals surface area contributed by atoms with Crippen LogP contribution in [-0.4, -0.2) is 28.5 Å². The molecule has 3 aromatic rings. The highest BCUT2D eigenvalue weighted by molar-refractivity contribution is 7.16. The van der Waals surface area contributed by atoms with Gasteiger partial charge >= 0.3 is 5.97 Å². The Hall–Kier alpha value is -3.73. The molecule has 8 nitrogen and oxygen atoms in total. The Labute approximate surface area is 171 Å². The van der Waals surface area contributed by atoms with Crippen LogP contribution < -0.4 is 4.80 Å². The molecule has 0 unspecified atom stereocenters. The third-order valence-electron chi connectivity index (χ3n) is 3.92. The van der Waals surface area contributed by atoms with E-state index in [4.69, 9.17) is 0 Å². The van der Waals surface area contributed by atoms with Gasteiger partial charge in [0.05, 0.1) is 22.2 Å². The zero-order chi connectivity index (χ0) is 21.8. The van der Waals surface area contributed by atoms with Gasteiger partial charge in [0.1, 0.15) is 12.4 Å². The predicted octanol–water partition coefficient (Wildman–Crippen LogP) is 3.20. The molecule has 0 spiro atoms. The molecule has 154 valence electrons. The van der Waals surface area contributed by atoms with Crippen LogP contribution in [0.1, 0.15) is 5.56 Å². The maximum atomic E-state index is 14.3. The maximum Gasteiger partial charge on any atom is 0.325 e. The first-order valence-corrected chi connectivity index (χ1v) is 9.16. The summed E-state index contributed by atoms with van der Waals surface area (Å²) in [5, 5.41) is 10.8. The second-order valence-corrected chi connectivity index (χ2v) is 6.93. The van der Waals surface area contributed by atoms with Crippen LogP contribution in [-0.2, 0) is 20.9 Å². The summed E-state index contributed by atoms with van der Waals surface area (Å²) >= 11 is 0.826. The number of halogens is 2. The van der Waals surface area contributed by atoms with E-state index in [1.807, 2.05) is 0 Å². The molecule has 2 aromatic carbocycles. The molecule has 30 heavy (non-hydrogen) atoms. The van der Waals surface area contributed by atoms with Gasteiger partial charge in [-0.1, -0.05) is 23.5 Å². The lowest BCUT2D eigenvalue weighted by Crippen LogP contribution is -2.22. The Kier molecular flexibility index (Phi) is 6.11. The zero-order valence-corrected chi connectivity index (χ0v) is 16.2. The molecule has 0 aliphatic carbocycles. The number of aromatic nitrogens is 1. The Balaban J connectivity index is 2.02. The van der Waals surface area contributed by atoms with Gasteiger partial charge in [0.25, 0.3) is 11.6 Å². The number of hydrogen-bond donors (Lipinski definition) is 0. The minimum Gasteiger partial charge on any atom is -0.468 e. The topological polar surface area (TPSA) is 104 Å². The van der Waals surface area contributed by atoms with E-state index in [0.717, 1.165) is 35.2 Å². The van der Waals surface area contributed by atoms with E-state index < -0.39 is 35.0 Å². The van der Waals surface area contributed by atoms with Crippen molar-refractivity contribution in [2.45, 2.75) is 6.54 Å². The number of methoxy groups -OCH3 is 1. The van der Waals surface area contributed by atoms with Crippen molar-refractivity contribution >= 4 is 45.2 Å². The number of nitro benzene ring substituents is 1. The highest BCUT2D eigenvalue weighted by Gasteiger charge is 2.16. The van der Waals surface area contributed by atoms with E-state index in [0.29, 0.717) is 11.6 Å². The molecule has 0 saturated carbocycles. The van der Waals surface area contributed by atoms with Gasteiger partial charge < -0.3 is 9.30 Å². The van der Waals surface area contributed by atoms with Gasteiger partial charge in [-0.25, -0.2) is 8.78 Å². The predicted molar refractivity (Wildman–Crippen MR) is 104 cm³/mol. The fourth-order valence-electron chi connectivity index (χ4n) is 2.60. The van der Waals surface area contributed by atoms with Crippen LogP contribution in [0.25, 0.3) is 16.3 Å². The van der Waals surface area contributed by atoms with E-state index in [9.17, 15) is 28.5 Å². The first-order valence-electron chi connectivity index (χ1n) is 8.35. The number of amides is 1. The largest absolute Gasteiger partial charge is 0.468 e. The molecule has 0 N–H and O–H groups in total. The SMILES string of the molecule is COC(=O)Cn1c(=NC(=O)/C=C/c2cccc([N+](=O)[O-])c2)sc2cc(F)cc(F)c21. The van der Waals surface area contributed by atoms with Crippen LogP contribution in [0, 0.1) is 21.7 Å². The standard InChI is InChI=1S/C19H13F2N3O5S/c1-29-17(26)10-23-18-14(21)8-12(20)9-15(18)30-19(23)22-16(25)6-5-11-3-2-4-13(7-11)24(27)28/h2-9H,10H2,1H3/b6-5+,22-19?. The van der Waals surface area contributed by atoms with Gasteiger partial charge in [-0.05, 0) is 17.7 Å². The lowest BCUT2D eigenvalue weighted by atomic mass is 10.2. The van der Waals surface area contributed by atoms with E-state index >= 15 is 0 Å². The summed E-state index contributed by atoms with van der Waals surface area (Å²) in [6.45, 7) is -0.431. The molecular formula is C19H13F2N3O5S. The quantitative estimate of drug-likeness (QED) is 0.266. The third kappa shape index (κ3) is 4.63. The maximum absolute atomic E-state index is 14.3. The Morgan fingerprint density at radius 1 is 1.30 bits per heavy atom. The number of carbonyl (C=O) groups is 2. The number of nitrogens with zero attached hydrogens (tertiary/aromatic N) is 3. The summed E-state index contributed by atoms with van der Waals surface area (Å²) in [7, 11) is 1.15. The minimum absolute atomic E-state index is 0.0337. The summed E-state index contributed by atoms with van der Waals surface area (Å²) < 4.78 is 33.7. The van der Waals surface area contributed by atoms with Crippen molar-refractivity contribution in [3.05, 3.63) is 74.6 Å². The average molecular weight is 433 g/mol. The molecule has 1 amide bonds. The minimum atomic E-state index is -0.911. The fourth-order valence-corrected chi connectivity index (χ4v) is 3.67. The molecule has 0 saturated heterocycles. The first-order chi connectivity index (χ1) is 14.3. The van der Waals surface area contributed by atoms with Crippen molar-refractivity contribution in [3.63, 3.8) is 0 Å². The molecule has 0 fully saturated rings. The highest BCUT2D eigenvalue weighted by Crippen LogP contribution is 2.22. The number of hydrogen-bond acceptors (Lipinski definition) is 6. The molecule has 0 aliphatic heterocycles. The van der Waals surface area contributed by atoms with Gasteiger partial charge in [-0.15, -0.1) is 0 Å². The number of ether oxygens (including phenoxy) is 1. The van der Waals surface area contributed by atoms with E-state index in [1.54, 1.807) is 6.07 Å². The van der Waals surface area contributed by atoms with Crippen LogP contribution in [0.2, 0.25) is 0 Å². The van der Waals surface area contributed by atoms with Crippen LogP contribution in [0.4, 0.5) is 14.5 Å². The number of rotatable bonds is 5. The molecule has 1 heterocycles. The van der Waals surface area contributed by atoms with Gasteiger partial charge in [-0.3, -0.25) is 19.7 Å². The third-order valence-corrected chi connectivity index (χ3v) is 4.94. The van der Waals surface area contributed by atoms with Crippen molar-refractivity contribution in [1.82, 2.24) is 4.57 Å². The summed E-state index contributed by atoms with van der Waals surface area (Å²) in [5.74, 6) is -3.19. The molecule has 0 aliphatic rings. The zero-order valence-electron chi connectivity index (χ0n) is 15.4. The van der Waals surface area contributed by atoms with Gasteiger partial charge in [0, 0.05) is 24.3 Å². The molecule has 0 bridgehead atoms. The number of benzene rings is 2. The van der Waals surface area contributed by atoms with E-state index in [2.05, 4.69) is 9.73 Å². The second-order valence-electron chi connectivity index (χ2n) is 5.92. The number of nitro groups is 1. The van der Waals surface area contributed by atoms with Gasteiger partial charge in [0.2, 0.25) is 0 Å². The fraction of sp³-hybridized carbons (Fsp3) is 0.105. The van der Waals surface area contributed by atoms with Crippen molar-refractivity contribution < 1.29 is 28.0 Å². The van der Waals surface area contributed by atoms with Crippen molar-refractivity contribution in [2.24, 2.45) is 4.99 Å².